The summed E-state index contributed by atoms with van der Waals surface area (Å²) in [4.78, 5) is 12.6. The Morgan fingerprint density at radius 2 is 2.14 bits per heavy atom. The molecule has 114 valence electrons. The van der Waals surface area contributed by atoms with Crippen molar-refractivity contribution < 1.29 is 4.52 Å². The zero-order valence-electron chi connectivity index (χ0n) is 12.2. The van der Waals surface area contributed by atoms with Gasteiger partial charge in [0, 0.05) is 32.0 Å². The lowest BCUT2D eigenvalue weighted by molar-refractivity contribution is -0.582. The molecular weight excluding hydrogens is 323 g/mol. The Hall–Kier alpha value is -1.85. The number of halogens is 2. The molecule has 2 heterocycles. The quantitative estimate of drug-likeness (QED) is 0.746. The Morgan fingerprint density at radius 3 is 2.82 bits per heavy atom. The van der Waals surface area contributed by atoms with Crippen molar-refractivity contribution in [3.05, 3.63) is 61.6 Å². The predicted molar refractivity (Wildman–Crippen MR) is 85.7 cm³/mol. The average Bonchev–Trinajstić information content (AvgIpc) is 2.85. The Balaban J connectivity index is 2.14. The first kappa shape index (κ1) is 15.1. The normalized spacial score (nSPS) is 11.3. The van der Waals surface area contributed by atoms with Gasteiger partial charge in [-0.15, -0.1) is 4.52 Å². The van der Waals surface area contributed by atoms with E-state index < -0.39 is 0 Å². The van der Waals surface area contributed by atoms with Gasteiger partial charge >= 0.3 is 5.65 Å². The molecule has 0 unspecified atom stereocenters. The summed E-state index contributed by atoms with van der Waals surface area (Å²) in [5.74, 6) is 0. The molecule has 0 spiro atoms. The third kappa shape index (κ3) is 2.51. The van der Waals surface area contributed by atoms with E-state index in [0.29, 0.717) is 28.7 Å². The minimum absolute atomic E-state index is 0.0127. The van der Waals surface area contributed by atoms with Crippen LogP contribution in [-0.4, -0.2) is 14.9 Å². The van der Waals surface area contributed by atoms with Crippen LogP contribution in [0, 0.1) is 6.92 Å². The summed E-state index contributed by atoms with van der Waals surface area (Å²) in [6.07, 6.45) is 2.26. The molecule has 0 bridgehead atoms. The maximum atomic E-state index is 12.6. The van der Waals surface area contributed by atoms with E-state index in [4.69, 9.17) is 23.2 Å². The number of hydrogen-bond donors (Lipinski definition) is 1. The van der Waals surface area contributed by atoms with Crippen LogP contribution in [0.1, 0.15) is 23.7 Å². The number of aromatic nitrogens is 4. The zero-order chi connectivity index (χ0) is 15.9. The van der Waals surface area contributed by atoms with Crippen molar-refractivity contribution in [2.75, 3.05) is 0 Å². The van der Waals surface area contributed by atoms with Crippen LogP contribution in [0.2, 0.25) is 10.0 Å². The highest BCUT2D eigenvalue weighted by molar-refractivity contribution is 6.35. The van der Waals surface area contributed by atoms with Gasteiger partial charge in [0.2, 0.25) is 0 Å². The van der Waals surface area contributed by atoms with E-state index in [1.807, 2.05) is 19.9 Å². The van der Waals surface area contributed by atoms with Crippen LogP contribution in [0.3, 0.4) is 0 Å². The summed E-state index contributed by atoms with van der Waals surface area (Å²) in [5.41, 5.74) is 2.96. The summed E-state index contributed by atoms with van der Waals surface area (Å²) in [6.45, 7) is 4.26. The Morgan fingerprint density at radius 1 is 1.36 bits per heavy atom. The molecule has 1 N–H and O–H groups in total. The van der Waals surface area contributed by atoms with Gasteiger partial charge < -0.3 is 0 Å². The number of H-pyrrole nitrogens is 1. The number of nitrogens with zero attached hydrogens (tertiary/aromatic N) is 3. The van der Waals surface area contributed by atoms with E-state index in [1.54, 1.807) is 27.7 Å². The molecule has 3 aromatic rings. The summed E-state index contributed by atoms with van der Waals surface area (Å²) in [6, 6.07) is 5.29. The Labute approximate surface area is 137 Å². The highest BCUT2D eigenvalue weighted by Gasteiger charge is 2.20. The topological polar surface area (TPSA) is 54.8 Å². The van der Waals surface area contributed by atoms with Crippen LogP contribution < -0.4 is 9.94 Å². The zero-order valence-corrected chi connectivity index (χ0v) is 13.7. The van der Waals surface area contributed by atoms with E-state index >= 15 is 0 Å². The number of aromatic amines is 1. The lowest BCUT2D eigenvalue weighted by Gasteiger charge is -2.03. The molecule has 5 nitrogen and oxygen atoms in total. The first-order valence-corrected chi connectivity index (χ1v) is 7.69. The van der Waals surface area contributed by atoms with E-state index in [0.717, 1.165) is 16.8 Å². The van der Waals surface area contributed by atoms with Gasteiger partial charge in [-0.1, -0.05) is 40.9 Å². The maximum absolute atomic E-state index is 12.6. The maximum Gasteiger partial charge on any atom is 0.331 e. The first-order chi connectivity index (χ1) is 10.5. The number of fused-ring (bicyclic) bond motifs is 1. The number of hydrogen-bond acceptors (Lipinski definition) is 2. The van der Waals surface area contributed by atoms with Crippen LogP contribution in [0.4, 0.5) is 0 Å². The monoisotopic (exact) mass is 337 g/mol. The molecule has 0 atom stereocenters. The van der Waals surface area contributed by atoms with E-state index in [1.165, 1.54) is 0 Å². The third-order valence-corrected chi connectivity index (χ3v) is 4.27. The van der Waals surface area contributed by atoms with Crippen molar-refractivity contribution >= 4 is 28.8 Å². The molecule has 0 aliphatic heterocycles. The summed E-state index contributed by atoms with van der Waals surface area (Å²) >= 11 is 12.1. The number of benzene rings is 1. The molecule has 0 saturated heterocycles. The average molecular weight is 338 g/mol. The van der Waals surface area contributed by atoms with Gasteiger partial charge in [-0.05, 0) is 25.5 Å². The molecule has 1 aromatic carbocycles. The molecule has 0 saturated carbocycles. The lowest BCUT2D eigenvalue weighted by atomic mass is 10.1. The molecule has 22 heavy (non-hydrogen) atoms. The highest BCUT2D eigenvalue weighted by Crippen LogP contribution is 2.21. The summed E-state index contributed by atoms with van der Waals surface area (Å²) < 4.78 is 3.28. The molecule has 2 aromatic heterocycles. The van der Waals surface area contributed by atoms with Gasteiger partial charge in [0.25, 0.3) is 11.8 Å². The molecule has 0 aliphatic carbocycles. The molecule has 0 fully saturated rings. The molecule has 0 aliphatic rings. The van der Waals surface area contributed by atoms with Crippen LogP contribution in [-0.2, 0) is 13.0 Å². The van der Waals surface area contributed by atoms with Crippen LogP contribution in [0.5, 0.6) is 0 Å². The van der Waals surface area contributed by atoms with Crippen molar-refractivity contribution in [2.24, 2.45) is 0 Å². The number of nitrogens with one attached hydrogen (secondary N) is 1. The number of rotatable bonds is 3. The Bertz CT molecular complexity index is 914. The Kier molecular flexibility index (Phi) is 3.93. The molecule has 3 rings (SSSR count). The van der Waals surface area contributed by atoms with Crippen molar-refractivity contribution in [2.45, 2.75) is 26.8 Å². The second-order valence-corrected chi connectivity index (χ2v) is 5.96. The minimum Gasteiger partial charge on any atom is -0.282 e. The van der Waals surface area contributed by atoms with Crippen LogP contribution >= 0.6 is 23.2 Å². The first-order valence-electron chi connectivity index (χ1n) is 6.94. The second-order valence-electron chi connectivity index (χ2n) is 5.12. The van der Waals surface area contributed by atoms with Gasteiger partial charge in [-0.25, -0.2) is 5.10 Å². The van der Waals surface area contributed by atoms with Gasteiger partial charge in [0.05, 0.1) is 0 Å². The lowest BCUT2D eigenvalue weighted by Crippen LogP contribution is -2.35. The standard InChI is InChI=1S/C15H14Cl2N4O/c1-3-12-9(2)19-21-8-18-20(15(21)14(12)22)7-10-4-5-11(16)6-13(10)17/h4-6,8H,3,7H2,1-2H3/p+1. The fourth-order valence-electron chi connectivity index (χ4n) is 2.56. The van der Waals surface area contributed by atoms with Crippen molar-refractivity contribution in [3.63, 3.8) is 0 Å². The van der Waals surface area contributed by atoms with E-state index in [-0.39, 0.29) is 5.43 Å². The molecule has 7 heteroatoms. The molecule has 0 amide bonds. The largest absolute Gasteiger partial charge is 0.331 e. The van der Waals surface area contributed by atoms with Gasteiger partial charge in [-0.2, -0.15) is 0 Å². The summed E-state index contributed by atoms with van der Waals surface area (Å²) in [5, 5.41) is 8.58. The van der Waals surface area contributed by atoms with Crippen LogP contribution in [0.25, 0.3) is 5.65 Å². The van der Waals surface area contributed by atoms with Gasteiger partial charge in [0.1, 0.15) is 6.54 Å². The van der Waals surface area contributed by atoms with Gasteiger partial charge in [-0.3, -0.25) is 4.79 Å². The number of aryl methyl sites for hydroxylation is 1. The van der Waals surface area contributed by atoms with Gasteiger partial charge in [0.15, 0.2) is 0 Å². The minimum atomic E-state index is -0.0127. The predicted octanol–water partition coefficient (Wildman–Crippen LogP) is 2.54. The molecular formula is C15H15Cl2N4O+. The SMILES string of the molecule is CCc1c(C)[nH][n+]2cnn(Cc3ccc(Cl)cc3Cl)c2c1=O. The van der Waals surface area contributed by atoms with Crippen molar-refractivity contribution in [1.82, 2.24) is 14.9 Å². The fraction of sp³-hybridized carbons (Fsp3) is 0.267. The highest BCUT2D eigenvalue weighted by atomic mass is 35.5. The summed E-state index contributed by atoms with van der Waals surface area (Å²) in [7, 11) is 0. The smallest absolute Gasteiger partial charge is 0.282 e. The van der Waals surface area contributed by atoms with E-state index in [9.17, 15) is 4.79 Å². The third-order valence-electron chi connectivity index (χ3n) is 3.69. The second kappa shape index (κ2) is 5.74. The van der Waals surface area contributed by atoms with Crippen molar-refractivity contribution in [3.8, 4) is 0 Å². The van der Waals surface area contributed by atoms with E-state index in [2.05, 4.69) is 10.2 Å². The van der Waals surface area contributed by atoms with Crippen molar-refractivity contribution in [1.29, 1.82) is 0 Å². The van der Waals surface area contributed by atoms with Crippen LogP contribution in [0.15, 0.2) is 29.3 Å². The fourth-order valence-corrected chi connectivity index (χ4v) is 3.03. The molecule has 0 radical (unpaired) electrons.